The molecule has 4 nitrogen and oxygen atoms in total. The van der Waals surface area contributed by atoms with Gasteiger partial charge in [-0.2, -0.15) is 0 Å². The average molecular weight is 292 g/mol. The van der Waals surface area contributed by atoms with Gasteiger partial charge in [0, 0.05) is 23.4 Å². The van der Waals surface area contributed by atoms with Gasteiger partial charge in [-0.3, -0.25) is 10.1 Å². The largest absolute Gasteiger partial charge is 0.382 e. The Hall–Kier alpha value is -1.58. The fraction of sp³-hybridized carbons (Fsp3) is 0.647. The molecule has 4 heteroatoms. The Morgan fingerprint density at radius 1 is 1.05 bits per heavy atom. The molecule has 0 saturated heterocycles. The number of hydrogen-bond acceptors (Lipinski definition) is 3. The molecule has 0 amide bonds. The molecule has 0 aromatic heterocycles. The van der Waals surface area contributed by atoms with Crippen LogP contribution in [0.5, 0.6) is 0 Å². The third-order valence-corrected chi connectivity index (χ3v) is 3.61. The van der Waals surface area contributed by atoms with Crippen LogP contribution in [0.4, 0.5) is 11.4 Å². The van der Waals surface area contributed by atoms with Gasteiger partial charge < -0.3 is 5.32 Å². The third kappa shape index (κ3) is 5.37. The summed E-state index contributed by atoms with van der Waals surface area (Å²) >= 11 is 0. The first-order chi connectivity index (χ1) is 9.70. The van der Waals surface area contributed by atoms with Crippen LogP contribution >= 0.6 is 0 Å². The minimum atomic E-state index is -0.306. The SMILES string of the molecule is Cc1cc(C)c([N+](=O)[O-])cc1NC(CC(C)C)CC(C)C. The summed E-state index contributed by atoms with van der Waals surface area (Å²) in [5, 5.41) is 14.6. The summed E-state index contributed by atoms with van der Waals surface area (Å²) in [6.07, 6.45) is 2.14. The third-order valence-electron chi connectivity index (χ3n) is 3.61. The van der Waals surface area contributed by atoms with Crippen LogP contribution < -0.4 is 5.32 Å². The maximum absolute atomic E-state index is 11.1. The topological polar surface area (TPSA) is 55.2 Å². The predicted molar refractivity (Wildman–Crippen MR) is 88.9 cm³/mol. The molecule has 0 aliphatic carbocycles. The Morgan fingerprint density at radius 3 is 2.00 bits per heavy atom. The fourth-order valence-electron chi connectivity index (χ4n) is 2.77. The highest BCUT2D eigenvalue weighted by Gasteiger charge is 2.17. The van der Waals surface area contributed by atoms with E-state index >= 15 is 0 Å². The van der Waals surface area contributed by atoms with E-state index in [1.165, 1.54) is 0 Å². The number of nitrogens with one attached hydrogen (secondary N) is 1. The minimum absolute atomic E-state index is 0.191. The van der Waals surface area contributed by atoms with Crippen molar-refractivity contribution in [3.05, 3.63) is 33.4 Å². The summed E-state index contributed by atoms with van der Waals surface area (Å²) in [5.41, 5.74) is 2.86. The predicted octanol–water partition coefficient (Wildman–Crippen LogP) is 5.08. The zero-order valence-electron chi connectivity index (χ0n) is 14.1. The quantitative estimate of drug-likeness (QED) is 0.563. The van der Waals surface area contributed by atoms with E-state index < -0.39 is 0 Å². The molecule has 1 aromatic rings. The highest BCUT2D eigenvalue weighted by Crippen LogP contribution is 2.28. The number of aryl methyl sites for hydroxylation is 2. The lowest BCUT2D eigenvalue weighted by Gasteiger charge is -2.24. The van der Waals surface area contributed by atoms with Crippen molar-refractivity contribution in [3.63, 3.8) is 0 Å². The molecule has 0 bridgehead atoms. The lowest BCUT2D eigenvalue weighted by atomic mass is 9.95. The van der Waals surface area contributed by atoms with E-state index in [1.807, 2.05) is 13.0 Å². The van der Waals surface area contributed by atoms with Crippen molar-refractivity contribution in [2.24, 2.45) is 11.8 Å². The summed E-state index contributed by atoms with van der Waals surface area (Å²) in [6.45, 7) is 12.6. The molecule has 21 heavy (non-hydrogen) atoms. The lowest BCUT2D eigenvalue weighted by Crippen LogP contribution is -2.24. The molecule has 1 rings (SSSR count). The summed E-state index contributed by atoms with van der Waals surface area (Å²) < 4.78 is 0. The second-order valence-electron chi connectivity index (χ2n) is 6.81. The Morgan fingerprint density at radius 2 is 1.57 bits per heavy atom. The second-order valence-corrected chi connectivity index (χ2v) is 6.81. The molecule has 0 unspecified atom stereocenters. The van der Waals surface area contributed by atoms with Gasteiger partial charge >= 0.3 is 0 Å². The molecule has 0 atom stereocenters. The van der Waals surface area contributed by atoms with Crippen LogP contribution in [-0.4, -0.2) is 11.0 Å². The van der Waals surface area contributed by atoms with Crippen molar-refractivity contribution in [2.45, 2.75) is 60.4 Å². The second kappa shape index (κ2) is 7.43. The van der Waals surface area contributed by atoms with Gasteiger partial charge in [0.15, 0.2) is 0 Å². The van der Waals surface area contributed by atoms with Crippen molar-refractivity contribution in [1.82, 2.24) is 0 Å². The maximum Gasteiger partial charge on any atom is 0.274 e. The van der Waals surface area contributed by atoms with Crippen LogP contribution in [0.1, 0.15) is 51.7 Å². The van der Waals surface area contributed by atoms with Crippen LogP contribution in [0.15, 0.2) is 12.1 Å². The standard InChI is InChI=1S/C17H28N2O2/c1-11(2)7-15(8-12(3)4)18-16-10-17(19(20)21)14(6)9-13(16)5/h9-12,15,18H,7-8H2,1-6H3. The first-order valence-electron chi connectivity index (χ1n) is 7.72. The average Bonchev–Trinajstić information content (AvgIpc) is 2.30. The summed E-state index contributed by atoms with van der Waals surface area (Å²) in [5.74, 6) is 1.20. The van der Waals surface area contributed by atoms with Gasteiger partial charge in [-0.15, -0.1) is 0 Å². The van der Waals surface area contributed by atoms with Crippen molar-refractivity contribution in [2.75, 3.05) is 5.32 Å². The monoisotopic (exact) mass is 292 g/mol. The van der Waals surface area contributed by atoms with Crippen LogP contribution in [0, 0.1) is 35.8 Å². The molecular weight excluding hydrogens is 264 g/mol. The summed E-state index contributed by atoms with van der Waals surface area (Å²) in [7, 11) is 0. The van der Waals surface area contributed by atoms with Crippen molar-refractivity contribution in [1.29, 1.82) is 0 Å². The molecule has 0 spiro atoms. The van der Waals surface area contributed by atoms with E-state index in [-0.39, 0.29) is 10.6 Å². The molecule has 0 radical (unpaired) electrons. The normalized spacial score (nSPS) is 11.5. The van der Waals surface area contributed by atoms with Crippen molar-refractivity contribution < 1.29 is 4.92 Å². The Kier molecular flexibility index (Phi) is 6.19. The highest BCUT2D eigenvalue weighted by atomic mass is 16.6. The van der Waals surface area contributed by atoms with Gasteiger partial charge in [0.05, 0.1) is 4.92 Å². The number of nitro benzene ring substituents is 1. The van der Waals surface area contributed by atoms with E-state index in [0.717, 1.165) is 24.1 Å². The number of hydrogen-bond donors (Lipinski definition) is 1. The summed E-state index contributed by atoms with van der Waals surface area (Å²) in [4.78, 5) is 10.8. The molecule has 0 saturated carbocycles. The molecule has 0 fully saturated rings. The Bertz CT molecular complexity index is 486. The molecule has 0 aliphatic rings. The maximum atomic E-state index is 11.1. The zero-order chi connectivity index (χ0) is 16.2. The van der Waals surface area contributed by atoms with Gasteiger partial charge in [0.1, 0.15) is 0 Å². The van der Waals surface area contributed by atoms with E-state index in [2.05, 4.69) is 33.0 Å². The molecule has 0 aliphatic heterocycles. The molecule has 118 valence electrons. The van der Waals surface area contributed by atoms with E-state index in [1.54, 1.807) is 13.0 Å². The number of rotatable bonds is 7. The van der Waals surface area contributed by atoms with Crippen LogP contribution in [0.2, 0.25) is 0 Å². The number of nitrogens with zero attached hydrogens (tertiary/aromatic N) is 1. The molecule has 0 heterocycles. The Labute approximate surface area is 128 Å². The van der Waals surface area contributed by atoms with Crippen LogP contribution in [0.3, 0.4) is 0 Å². The number of nitro groups is 1. The highest BCUT2D eigenvalue weighted by molar-refractivity contribution is 5.60. The first kappa shape index (κ1) is 17.5. The number of benzene rings is 1. The van der Waals surface area contributed by atoms with Gasteiger partial charge in [0.2, 0.25) is 0 Å². The van der Waals surface area contributed by atoms with Gasteiger partial charge in [-0.05, 0) is 50.2 Å². The lowest BCUT2D eigenvalue weighted by molar-refractivity contribution is -0.385. The number of anilines is 1. The van der Waals surface area contributed by atoms with Crippen molar-refractivity contribution in [3.8, 4) is 0 Å². The molecular formula is C17H28N2O2. The van der Waals surface area contributed by atoms with E-state index in [0.29, 0.717) is 23.4 Å². The van der Waals surface area contributed by atoms with Gasteiger partial charge in [0.25, 0.3) is 5.69 Å². The fourth-order valence-corrected chi connectivity index (χ4v) is 2.77. The molecule has 1 aromatic carbocycles. The van der Waals surface area contributed by atoms with Gasteiger partial charge in [-0.25, -0.2) is 0 Å². The van der Waals surface area contributed by atoms with E-state index in [9.17, 15) is 10.1 Å². The van der Waals surface area contributed by atoms with Crippen molar-refractivity contribution >= 4 is 11.4 Å². The zero-order valence-corrected chi connectivity index (χ0v) is 14.1. The first-order valence-corrected chi connectivity index (χ1v) is 7.72. The van der Waals surface area contributed by atoms with E-state index in [4.69, 9.17) is 0 Å². The van der Waals surface area contributed by atoms with Crippen LogP contribution in [-0.2, 0) is 0 Å². The van der Waals surface area contributed by atoms with Crippen LogP contribution in [0.25, 0.3) is 0 Å². The Balaban J connectivity index is 3.02. The van der Waals surface area contributed by atoms with Gasteiger partial charge in [-0.1, -0.05) is 27.7 Å². The summed E-state index contributed by atoms with van der Waals surface area (Å²) in [6, 6.07) is 3.92. The molecule has 1 N–H and O–H groups in total. The smallest absolute Gasteiger partial charge is 0.274 e. The minimum Gasteiger partial charge on any atom is -0.382 e.